The number of ether oxygens (including phenoxy) is 1. The molecule has 0 aliphatic carbocycles. The van der Waals surface area contributed by atoms with E-state index in [0.29, 0.717) is 12.4 Å². The molecule has 1 unspecified atom stereocenters. The summed E-state index contributed by atoms with van der Waals surface area (Å²) in [5, 5.41) is 0. The van der Waals surface area contributed by atoms with Crippen molar-refractivity contribution in [2.75, 3.05) is 32.7 Å². The molecule has 2 heterocycles. The number of nitrogens with zero attached hydrogens (tertiary/aromatic N) is 3. The fraction of sp³-hybridized carbons (Fsp3) is 0.818. The van der Waals surface area contributed by atoms with Crippen molar-refractivity contribution < 1.29 is 9.53 Å². The maximum Gasteiger partial charge on any atom is 0.295 e. The Labute approximate surface area is 96.1 Å². The number of aliphatic imine (C=N–C) groups is 1. The lowest BCUT2D eigenvalue weighted by Crippen LogP contribution is -2.35. The van der Waals surface area contributed by atoms with Gasteiger partial charge in [0.1, 0.15) is 6.10 Å². The van der Waals surface area contributed by atoms with Crippen LogP contribution < -0.4 is 0 Å². The first-order valence-electron chi connectivity index (χ1n) is 5.98. The van der Waals surface area contributed by atoms with Gasteiger partial charge in [0.25, 0.3) is 11.9 Å². The maximum atomic E-state index is 11.1. The molecule has 2 aliphatic heterocycles. The minimum Gasteiger partial charge on any atom is -0.458 e. The fourth-order valence-electron chi connectivity index (χ4n) is 2.13. The lowest BCUT2D eigenvalue weighted by molar-refractivity contribution is -0.118. The van der Waals surface area contributed by atoms with E-state index in [9.17, 15) is 4.79 Å². The van der Waals surface area contributed by atoms with Crippen LogP contribution in [0.25, 0.3) is 0 Å². The molecule has 2 aliphatic rings. The first-order chi connectivity index (χ1) is 7.72. The SMILES string of the molecule is CCN(CC)CC1CN2CCC(=O)N=C2O1. The standard InChI is InChI=1S/C11H19N3O2/c1-3-13(4-2)7-9-8-14-6-5-10(15)12-11(14)16-9/h9H,3-8H2,1-2H3. The normalized spacial score (nSPS) is 24.4. The molecular weight excluding hydrogens is 206 g/mol. The summed E-state index contributed by atoms with van der Waals surface area (Å²) in [5.74, 6) is -0.0604. The largest absolute Gasteiger partial charge is 0.458 e. The fourth-order valence-corrected chi connectivity index (χ4v) is 2.13. The molecule has 1 atom stereocenters. The monoisotopic (exact) mass is 225 g/mol. The summed E-state index contributed by atoms with van der Waals surface area (Å²) < 4.78 is 5.68. The van der Waals surface area contributed by atoms with E-state index < -0.39 is 0 Å². The molecule has 0 saturated carbocycles. The molecule has 0 N–H and O–H groups in total. The van der Waals surface area contributed by atoms with Gasteiger partial charge in [-0.3, -0.25) is 4.79 Å². The van der Waals surface area contributed by atoms with Crippen molar-refractivity contribution in [1.82, 2.24) is 9.80 Å². The highest BCUT2D eigenvalue weighted by molar-refractivity contribution is 5.93. The highest BCUT2D eigenvalue weighted by atomic mass is 16.5. The quantitative estimate of drug-likeness (QED) is 0.691. The molecule has 0 aromatic rings. The third-order valence-electron chi connectivity index (χ3n) is 3.14. The van der Waals surface area contributed by atoms with Gasteiger partial charge in [0, 0.05) is 19.5 Å². The first kappa shape index (κ1) is 11.4. The summed E-state index contributed by atoms with van der Waals surface area (Å²) in [6.07, 6.45) is 0.676. The Hall–Kier alpha value is -1.10. The van der Waals surface area contributed by atoms with Gasteiger partial charge in [-0.25, -0.2) is 0 Å². The number of hydrogen-bond acceptors (Lipinski definition) is 4. The Balaban J connectivity index is 1.92. The number of rotatable bonds is 4. The van der Waals surface area contributed by atoms with Gasteiger partial charge in [0.05, 0.1) is 6.54 Å². The third kappa shape index (κ3) is 2.35. The van der Waals surface area contributed by atoms with Gasteiger partial charge in [0.2, 0.25) is 0 Å². The van der Waals surface area contributed by atoms with E-state index in [1.807, 2.05) is 0 Å². The lowest BCUT2D eigenvalue weighted by Gasteiger charge is -2.20. The Kier molecular flexibility index (Phi) is 3.43. The minimum atomic E-state index is -0.0604. The second-order valence-electron chi connectivity index (χ2n) is 4.21. The summed E-state index contributed by atoms with van der Waals surface area (Å²) in [6.45, 7) is 8.88. The van der Waals surface area contributed by atoms with Gasteiger partial charge in [-0.05, 0) is 13.1 Å². The molecule has 1 saturated heterocycles. The minimum absolute atomic E-state index is 0.0604. The number of carbonyl (C=O) groups is 1. The molecule has 0 aromatic heterocycles. The predicted molar refractivity (Wildman–Crippen MR) is 61.3 cm³/mol. The zero-order chi connectivity index (χ0) is 11.5. The zero-order valence-corrected chi connectivity index (χ0v) is 9.98. The predicted octanol–water partition coefficient (Wildman–Crippen LogP) is 0.315. The number of amidine groups is 1. The average Bonchev–Trinajstić information content (AvgIpc) is 2.67. The molecule has 5 heteroatoms. The summed E-state index contributed by atoms with van der Waals surface area (Å²) >= 11 is 0. The van der Waals surface area contributed by atoms with Gasteiger partial charge < -0.3 is 14.5 Å². The molecule has 0 radical (unpaired) electrons. The summed E-state index contributed by atoms with van der Waals surface area (Å²) in [7, 11) is 0. The molecule has 1 amide bonds. The number of likely N-dealkylation sites (N-methyl/N-ethyl adjacent to an activating group) is 1. The van der Waals surface area contributed by atoms with E-state index in [2.05, 4.69) is 28.6 Å². The number of hydrogen-bond donors (Lipinski definition) is 0. The van der Waals surface area contributed by atoms with Crippen molar-refractivity contribution in [3.8, 4) is 0 Å². The lowest BCUT2D eigenvalue weighted by atomic mass is 10.3. The van der Waals surface area contributed by atoms with Crippen molar-refractivity contribution in [3.63, 3.8) is 0 Å². The van der Waals surface area contributed by atoms with Crippen LogP contribution in [0.3, 0.4) is 0 Å². The van der Waals surface area contributed by atoms with Crippen LogP contribution in [0.5, 0.6) is 0 Å². The van der Waals surface area contributed by atoms with Crippen LogP contribution in [0.2, 0.25) is 0 Å². The van der Waals surface area contributed by atoms with Crippen LogP contribution in [-0.4, -0.2) is 60.6 Å². The molecular formula is C11H19N3O2. The Morgan fingerprint density at radius 3 is 2.94 bits per heavy atom. The molecule has 5 nitrogen and oxygen atoms in total. The van der Waals surface area contributed by atoms with Crippen LogP contribution in [0.15, 0.2) is 4.99 Å². The molecule has 0 bridgehead atoms. The van der Waals surface area contributed by atoms with Crippen molar-refractivity contribution in [2.24, 2.45) is 4.99 Å². The highest BCUT2D eigenvalue weighted by Crippen LogP contribution is 2.16. The Bertz CT molecular complexity index is 300. The van der Waals surface area contributed by atoms with Crippen molar-refractivity contribution in [1.29, 1.82) is 0 Å². The van der Waals surface area contributed by atoms with Crippen molar-refractivity contribution in [3.05, 3.63) is 0 Å². The van der Waals surface area contributed by atoms with Gasteiger partial charge in [0.15, 0.2) is 0 Å². The second kappa shape index (κ2) is 4.82. The second-order valence-corrected chi connectivity index (χ2v) is 4.21. The summed E-state index contributed by atoms with van der Waals surface area (Å²) in [4.78, 5) is 19.4. The van der Waals surface area contributed by atoms with E-state index in [4.69, 9.17) is 4.74 Å². The molecule has 1 fully saturated rings. The zero-order valence-electron chi connectivity index (χ0n) is 9.98. The number of fused-ring (bicyclic) bond motifs is 1. The number of carbonyl (C=O) groups excluding carboxylic acids is 1. The van der Waals surface area contributed by atoms with Crippen LogP contribution in [0.4, 0.5) is 0 Å². The van der Waals surface area contributed by atoms with E-state index >= 15 is 0 Å². The molecule has 90 valence electrons. The first-order valence-corrected chi connectivity index (χ1v) is 5.98. The molecule has 0 spiro atoms. The molecule has 2 rings (SSSR count). The summed E-state index contributed by atoms with van der Waals surface area (Å²) in [6, 6.07) is 0.536. The maximum absolute atomic E-state index is 11.1. The van der Waals surface area contributed by atoms with Crippen LogP contribution >= 0.6 is 0 Å². The van der Waals surface area contributed by atoms with Gasteiger partial charge in [-0.1, -0.05) is 13.8 Å². The Morgan fingerprint density at radius 1 is 1.50 bits per heavy atom. The van der Waals surface area contributed by atoms with E-state index in [-0.39, 0.29) is 12.0 Å². The Morgan fingerprint density at radius 2 is 2.25 bits per heavy atom. The average molecular weight is 225 g/mol. The highest BCUT2D eigenvalue weighted by Gasteiger charge is 2.33. The van der Waals surface area contributed by atoms with Crippen LogP contribution in [-0.2, 0) is 9.53 Å². The van der Waals surface area contributed by atoms with E-state index in [0.717, 1.165) is 32.7 Å². The number of amides is 1. The van der Waals surface area contributed by atoms with Gasteiger partial charge in [-0.15, -0.1) is 0 Å². The van der Waals surface area contributed by atoms with Crippen molar-refractivity contribution >= 4 is 11.9 Å². The molecule has 16 heavy (non-hydrogen) atoms. The van der Waals surface area contributed by atoms with Gasteiger partial charge >= 0.3 is 0 Å². The molecule has 0 aromatic carbocycles. The third-order valence-corrected chi connectivity index (χ3v) is 3.14. The van der Waals surface area contributed by atoms with E-state index in [1.54, 1.807) is 0 Å². The van der Waals surface area contributed by atoms with Crippen molar-refractivity contribution in [2.45, 2.75) is 26.4 Å². The van der Waals surface area contributed by atoms with E-state index in [1.165, 1.54) is 0 Å². The summed E-state index contributed by atoms with van der Waals surface area (Å²) in [5.41, 5.74) is 0. The van der Waals surface area contributed by atoms with Gasteiger partial charge in [-0.2, -0.15) is 4.99 Å². The smallest absolute Gasteiger partial charge is 0.295 e. The van der Waals surface area contributed by atoms with Crippen LogP contribution in [0.1, 0.15) is 20.3 Å². The topological polar surface area (TPSA) is 45.1 Å². The van der Waals surface area contributed by atoms with Crippen LogP contribution in [0, 0.1) is 0 Å².